The molecule has 0 aliphatic heterocycles. The average molecular weight is 365 g/mol. The molecule has 0 heterocycles. The molecular weight excluding hydrogens is 345 g/mol. The summed E-state index contributed by atoms with van der Waals surface area (Å²) in [5.74, 6) is 0.824. The van der Waals surface area contributed by atoms with Gasteiger partial charge in [-0.3, -0.25) is 4.79 Å². The molecule has 0 spiro atoms. The topological polar surface area (TPSA) is 47.6 Å². The van der Waals surface area contributed by atoms with E-state index in [0.29, 0.717) is 17.2 Å². The van der Waals surface area contributed by atoms with Crippen LogP contribution in [0.4, 0.5) is 10.1 Å². The van der Waals surface area contributed by atoms with Gasteiger partial charge in [0.25, 0.3) is 0 Å². The van der Waals surface area contributed by atoms with Crippen molar-refractivity contribution in [3.8, 4) is 11.5 Å². The van der Waals surface area contributed by atoms with Gasteiger partial charge >= 0.3 is 0 Å². The first kappa shape index (κ1) is 18.5. The van der Waals surface area contributed by atoms with E-state index in [9.17, 15) is 9.18 Å². The molecule has 0 aliphatic rings. The maximum atomic E-state index is 13.2. The maximum Gasteiger partial charge on any atom is 0.228 e. The second-order valence-electron chi connectivity index (χ2n) is 5.98. The van der Waals surface area contributed by atoms with Crippen molar-refractivity contribution in [3.05, 3.63) is 89.7 Å². The van der Waals surface area contributed by atoms with Crippen molar-refractivity contribution in [3.63, 3.8) is 0 Å². The monoisotopic (exact) mass is 365 g/mol. The van der Waals surface area contributed by atoms with Crippen molar-refractivity contribution >= 4 is 11.6 Å². The zero-order valence-corrected chi connectivity index (χ0v) is 14.9. The molecular formula is C22H20FNO3. The van der Waals surface area contributed by atoms with Crippen LogP contribution in [0.2, 0.25) is 0 Å². The molecule has 0 aliphatic carbocycles. The minimum absolute atomic E-state index is 0.151. The zero-order valence-electron chi connectivity index (χ0n) is 14.9. The second-order valence-corrected chi connectivity index (χ2v) is 5.98. The number of benzene rings is 3. The third-order valence-corrected chi connectivity index (χ3v) is 3.96. The molecule has 0 fully saturated rings. The molecule has 27 heavy (non-hydrogen) atoms. The van der Waals surface area contributed by atoms with E-state index in [1.807, 2.05) is 24.3 Å². The Morgan fingerprint density at radius 2 is 1.81 bits per heavy atom. The van der Waals surface area contributed by atoms with Crippen molar-refractivity contribution in [1.82, 2.24) is 0 Å². The van der Waals surface area contributed by atoms with Crippen LogP contribution in [0.3, 0.4) is 0 Å². The van der Waals surface area contributed by atoms with Gasteiger partial charge in [0, 0.05) is 17.3 Å². The number of hydrogen-bond acceptors (Lipinski definition) is 3. The van der Waals surface area contributed by atoms with E-state index in [1.165, 1.54) is 12.1 Å². The molecule has 138 valence electrons. The summed E-state index contributed by atoms with van der Waals surface area (Å²) in [6, 6.07) is 20.8. The van der Waals surface area contributed by atoms with Crippen LogP contribution in [0.5, 0.6) is 11.5 Å². The van der Waals surface area contributed by atoms with Gasteiger partial charge in [0.15, 0.2) is 0 Å². The summed E-state index contributed by atoms with van der Waals surface area (Å²) >= 11 is 0. The number of carbonyl (C=O) groups excluding carboxylic acids is 1. The highest BCUT2D eigenvalue weighted by atomic mass is 19.1. The van der Waals surface area contributed by atoms with E-state index in [0.717, 1.165) is 11.1 Å². The fraction of sp³-hybridized carbons (Fsp3) is 0.136. The highest BCUT2D eigenvalue weighted by Gasteiger charge is 2.09. The summed E-state index contributed by atoms with van der Waals surface area (Å²) in [5.41, 5.74) is 2.18. The minimum atomic E-state index is -0.298. The lowest BCUT2D eigenvalue weighted by molar-refractivity contribution is -0.115. The van der Waals surface area contributed by atoms with Crippen molar-refractivity contribution < 1.29 is 18.7 Å². The van der Waals surface area contributed by atoms with E-state index < -0.39 is 0 Å². The third kappa shape index (κ3) is 5.31. The van der Waals surface area contributed by atoms with Crippen LogP contribution in [-0.4, -0.2) is 13.0 Å². The molecule has 0 bridgehead atoms. The number of nitrogens with one attached hydrogen (secondary N) is 1. The van der Waals surface area contributed by atoms with Gasteiger partial charge in [-0.05, 0) is 35.9 Å². The highest BCUT2D eigenvalue weighted by molar-refractivity contribution is 5.92. The van der Waals surface area contributed by atoms with Gasteiger partial charge in [0.1, 0.15) is 23.9 Å². The number of hydrogen-bond donors (Lipinski definition) is 1. The summed E-state index contributed by atoms with van der Waals surface area (Å²) in [4.78, 5) is 12.3. The molecule has 3 rings (SSSR count). The molecule has 0 unspecified atom stereocenters. The molecule has 0 saturated carbocycles. The summed E-state index contributed by atoms with van der Waals surface area (Å²) < 4.78 is 24.2. The number of carbonyl (C=O) groups is 1. The van der Waals surface area contributed by atoms with Crippen molar-refractivity contribution in [2.75, 3.05) is 12.4 Å². The lowest BCUT2D eigenvalue weighted by Crippen LogP contribution is -2.15. The fourth-order valence-electron chi connectivity index (χ4n) is 2.68. The van der Waals surface area contributed by atoms with Crippen LogP contribution < -0.4 is 14.8 Å². The largest absolute Gasteiger partial charge is 0.496 e. The van der Waals surface area contributed by atoms with Crippen molar-refractivity contribution in [2.24, 2.45) is 0 Å². The van der Waals surface area contributed by atoms with E-state index in [-0.39, 0.29) is 24.8 Å². The van der Waals surface area contributed by atoms with Gasteiger partial charge < -0.3 is 14.8 Å². The second kappa shape index (κ2) is 8.85. The van der Waals surface area contributed by atoms with Crippen LogP contribution in [0.15, 0.2) is 72.8 Å². The number of rotatable bonds is 7. The van der Waals surface area contributed by atoms with E-state index >= 15 is 0 Å². The van der Waals surface area contributed by atoms with Crippen LogP contribution in [-0.2, 0) is 17.8 Å². The molecule has 3 aromatic rings. The lowest BCUT2D eigenvalue weighted by Gasteiger charge is -2.11. The van der Waals surface area contributed by atoms with Gasteiger partial charge in [-0.25, -0.2) is 4.39 Å². The molecule has 1 N–H and O–H groups in total. The van der Waals surface area contributed by atoms with Crippen LogP contribution >= 0.6 is 0 Å². The molecule has 5 heteroatoms. The number of para-hydroxylation sites is 1. The predicted molar refractivity (Wildman–Crippen MR) is 103 cm³/mol. The van der Waals surface area contributed by atoms with E-state index in [4.69, 9.17) is 9.47 Å². The van der Waals surface area contributed by atoms with E-state index in [2.05, 4.69) is 5.32 Å². The smallest absolute Gasteiger partial charge is 0.228 e. The Kier molecular flexibility index (Phi) is 6.05. The predicted octanol–water partition coefficient (Wildman–Crippen LogP) is 4.59. The van der Waals surface area contributed by atoms with Crippen LogP contribution in [0.25, 0.3) is 0 Å². The first-order valence-electron chi connectivity index (χ1n) is 8.53. The van der Waals surface area contributed by atoms with Crippen LogP contribution in [0.1, 0.15) is 11.1 Å². The fourth-order valence-corrected chi connectivity index (χ4v) is 2.68. The Labute approximate surface area is 157 Å². The highest BCUT2D eigenvalue weighted by Crippen LogP contribution is 2.21. The quantitative estimate of drug-likeness (QED) is 0.666. The van der Waals surface area contributed by atoms with Gasteiger partial charge in [0.2, 0.25) is 5.91 Å². The summed E-state index contributed by atoms with van der Waals surface area (Å²) in [6.45, 7) is 0.246. The van der Waals surface area contributed by atoms with Gasteiger partial charge in [-0.15, -0.1) is 0 Å². The molecule has 0 atom stereocenters. The summed E-state index contributed by atoms with van der Waals surface area (Å²) in [6.07, 6.45) is 0.207. The van der Waals surface area contributed by atoms with Crippen molar-refractivity contribution in [1.29, 1.82) is 0 Å². The number of amides is 1. The SMILES string of the molecule is COc1ccccc1CC(=O)Nc1cccc(OCc2cccc(F)c2)c1. The Morgan fingerprint density at radius 3 is 2.63 bits per heavy atom. The average Bonchev–Trinajstić information content (AvgIpc) is 2.67. The zero-order chi connectivity index (χ0) is 19.1. The summed E-state index contributed by atoms with van der Waals surface area (Å²) in [7, 11) is 1.58. The molecule has 3 aromatic carbocycles. The molecule has 4 nitrogen and oxygen atoms in total. The van der Waals surface area contributed by atoms with Gasteiger partial charge in [-0.1, -0.05) is 36.4 Å². The standard InChI is InChI=1S/C22H20FNO3/c1-26-21-11-3-2-7-17(21)13-22(25)24-19-9-5-10-20(14-19)27-15-16-6-4-8-18(23)12-16/h2-12,14H,13,15H2,1H3,(H,24,25). The molecule has 0 radical (unpaired) electrons. The Bertz CT molecular complexity index is 927. The number of halogens is 1. The lowest BCUT2D eigenvalue weighted by atomic mass is 10.1. The normalized spacial score (nSPS) is 10.3. The van der Waals surface area contributed by atoms with Crippen molar-refractivity contribution in [2.45, 2.75) is 13.0 Å². The van der Waals surface area contributed by atoms with Gasteiger partial charge in [-0.2, -0.15) is 0 Å². The molecule has 0 aromatic heterocycles. The minimum Gasteiger partial charge on any atom is -0.496 e. The van der Waals surface area contributed by atoms with Gasteiger partial charge in [0.05, 0.1) is 13.5 Å². The first-order valence-corrected chi connectivity index (χ1v) is 8.53. The number of anilines is 1. The Hall–Kier alpha value is -3.34. The Morgan fingerprint density at radius 1 is 1.00 bits per heavy atom. The Balaban J connectivity index is 1.60. The summed E-state index contributed by atoms with van der Waals surface area (Å²) in [5, 5.41) is 2.85. The first-order chi connectivity index (χ1) is 13.1. The number of methoxy groups -OCH3 is 1. The van der Waals surface area contributed by atoms with E-state index in [1.54, 1.807) is 43.5 Å². The number of ether oxygens (including phenoxy) is 2. The maximum absolute atomic E-state index is 13.2. The molecule has 1 amide bonds. The third-order valence-electron chi connectivity index (χ3n) is 3.96. The molecule has 0 saturated heterocycles. The van der Waals surface area contributed by atoms with Crippen LogP contribution in [0, 0.1) is 5.82 Å².